The van der Waals surface area contributed by atoms with Gasteiger partial charge in [-0.2, -0.15) is 0 Å². The maximum atomic E-state index is 12.2. The molecule has 2 heterocycles. The Morgan fingerprint density at radius 3 is 2.65 bits per heavy atom. The first kappa shape index (κ1) is 12.1. The second-order valence-electron chi connectivity index (χ2n) is 4.94. The fraction of sp³-hybridized carbons (Fsp3) is 0.667. The molecule has 0 aromatic carbocycles. The van der Waals surface area contributed by atoms with Gasteiger partial charge in [-0.3, -0.25) is 4.79 Å². The van der Waals surface area contributed by atoms with Crippen LogP contribution in [0.3, 0.4) is 0 Å². The van der Waals surface area contributed by atoms with Crippen LogP contribution in [0.2, 0.25) is 0 Å². The smallest absolute Gasteiger partial charge is 0.292 e. The minimum Gasteiger partial charge on any atom is -0.351 e. The summed E-state index contributed by atoms with van der Waals surface area (Å²) in [5, 5.41) is 6.96. The molecule has 1 amide bonds. The number of carbonyl (C=O) groups excluding carboxylic acids is 1. The Balaban J connectivity index is 2.02. The van der Waals surface area contributed by atoms with E-state index in [4.69, 9.17) is 4.52 Å². The van der Waals surface area contributed by atoms with Gasteiger partial charge in [0.05, 0.1) is 6.20 Å². The standard InChI is InChI=1S/C12H19N3O2/c1-9-8-14-17-10(9)11(16)15-6-4-12(2,13-3)5-7-15/h8,13H,4-7H2,1-3H3. The Labute approximate surface area is 101 Å². The number of aryl methyl sites for hydroxylation is 1. The van der Waals surface area contributed by atoms with Crippen molar-refractivity contribution in [2.45, 2.75) is 32.2 Å². The number of aromatic nitrogens is 1. The summed E-state index contributed by atoms with van der Waals surface area (Å²) < 4.78 is 5.00. The Morgan fingerprint density at radius 1 is 1.53 bits per heavy atom. The van der Waals surface area contributed by atoms with Crippen LogP contribution in [-0.2, 0) is 0 Å². The molecule has 1 fully saturated rings. The largest absolute Gasteiger partial charge is 0.351 e. The molecular formula is C12H19N3O2. The third kappa shape index (κ3) is 2.34. The topological polar surface area (TPSA) is 58.4 Å². The Bertz CT molecular complexity index is 406. The maximum absolute atomic E-state index is 12.2. The predicted molar refractivity (Wildman–Crippen MR) is 63.8 cm³/mol. The van der Waals surface area contributed by atoms with Crippen LogP contribution in [0.1, 0.15) is 35.9 Å². The van der Waals surface area contributed by atoms with Gasteiger partial charge in [-0.15, -0.1) is 0 Å². The van der Waals surface area contributed by atoms with Crippen LogP contribution < -0.4 is 5.32 Å². The molecule has 1 saturated heterocycles. The van der Waals surface area contributed by atoms with Crippen LogP contribution in [0.5, 0.6) is 0 Å². The van der Waals surface area contributed by atoms with E-state index in [1.54, 1.807) is 6.20 Å². The molecule has 0 radical (unpaired) electrons. The summed E-state index contributed by atoms with van der Waals surface area (Å²) in [5.41, 5.74) is 0.949. The normalized spacial score (nSPS) is 19.4. The lowest BCUT2D eigenvalue weighted by Gasteiger charge is -2.38. The molecule has 17 heavy (non-hydrogen) atoms. The Hall–Kier alpha value is -1.36. The number of hydrogen-bond donors (Lipinski definition) is 1. The molecule has 1 aliphatic rings. The van der Waals surface area contributed by atoms with Crippen LogP contribution in [0.4, 0.5) is 0 Å². The van der Waals surface area contributed by atoms with Crippen molar-refractivity contribution in [1.29, 1.82) is 0 Å². The summed E-state index contributed by atoms with van der Waals surface area (Å²) in [6, 6.07) is 0. The zero-order chi connectivity index (χ0) is 12.5. The molecule has 0 spiro atoms. The van der Waals surface area contributed by atoms with Crippen LogP contribution in [0.15, 0.2) is 10.7 Å². The highest BCUT2D eigenvalue weighted by molar-refractivity contribution is 5.92. The van der Waals surface area contributed by atoms with E-state index >= 15 is 0 Å². The number of carbonyl (C=O) groups is 1. The molecule has 0 atom stereocenters. The molecule has 1 N–H and O–H groups in total. The third-order valence-corrected chi connectivity index (χ3v) is 3.70. The van der Waals surface area contributed by atoms with Gasteiger partial charge in [0.15, 0.2) is 0 Å². The molecule has 2 rings (SSSR count). The number of likely N-dealkylation sites (tertiary alicyclic amines) is 1. The Morgan fingerprint density at radius 2 is 2.18 bits per heavy atom. The van der Waals surface area contributed by atoms with E-state index in [2.05, 4.69) is 17.4 Å². The average molecular weight is 237 g/mol. The van der Waals surface area contributed by atoms with E-state index in [0.717, 1.165) is 31.5 Å². The molecule has 5 nitrogen and oxygen atoms in total. The molecular weight excluding hydrogens is 218 g/mol. The lowest BCUT2D eigenvalue weighted by atomic mass is 9.90. The quantitative estimate of drug-likeness (QED) is 0.839. The molecule has 5 heteroatoms. The van der Waals surface area contributed by atoms with E-state index < -0.39 is 0 Å². The van der Waals surface area contributed by atoms with Crippen molar-refractivity contribution in [2.24, 2.45) is 0 Å². The first-order valence-electron chi connectivity index (χ1n) is 5.95. The van der Waals surface area contributed by atoms with Gasteiger partial charge in [-0.25, -0.2) is 0 Å². The van der Waals surface area contributed by atoms with Gasteiger partial charge in [0.2, 0.25) is 5.76 Å². The van der Waals surface area contributed by atoms with Crippen LogP contribution in [-0.4, -0.2) is 41.6 Å². The van der Waals surface area contributed by atoms with Crippen LogP contribution in [0, 0.1) is 6.92 Å². The molecule has 0 unspecified atom stereocenters. The van der Waals surface area contributed by atoms with Gasteiger partial charge >= 0.3 is 0 Å². The number of hydrogen-bond acceptors (Lipinski definition) is 4. The monoisotopic (exact) mass is 237 g/mol. The molecule has 1 aromatic rings. The molecule has 0 saturated carbocycles. The van der Waals surface area contributed by atoms with Crippen molar-refractivity contribution in [3.63, 3.8) is 0 Å². The summed E-state index contributed by atoms with van der Waals surface area (Å²) in [6.07, 6.45) is 3.50. The molecule has 1 aromatic heterocycles. The van der Waals surface area contributed by atoms with E-state index in [-0.39, 0.29) is 11.4 Å². The van der Waals surface area contributed by atoms with Crippen molar-refractivity contribution < 1.29 is 9.32 Å². The van der Waals surface area contributed by atoms with E-state index in [0.29, 0.717) is 5.76 Å². The summed E-state index contributed by atoms with van der Waals surface area (Å²) >= 11 is 0. The maximum Gasteiger partial charge on any atom is 0.292 e. The fourth-order valence-corrected chi connectivity index (χ4v) is 2.09. The second kappa shape index (κ2) is 4.49. The summed E-state index contributed by atoms with van der Waals surface area (Å²) in [5.74, 6) is 0.330. The van der Waals surface area contributed by atoms with E-state index in [1.807, 2.05) is 18.9 Å². The number of amides is 1. The summed E-state index contributed by atoms with van der Waals surface area (Å²) in [7, 11) is 1.97. The van der Waals surface area contributed by atoms with Crippen molar-refractivity contribution in [3.05, 3.63) is 17.5 Å². The summed E-state index contributed by atoms with van der Waals surface area (Å²) in [4.78, 5) is 14.0. The van der Waals surface area contributed by atoms with Gasteiger partial charge in [-0.1, -0.05) is 5.16 Å². The van der Waals surface area contributed by atoms with Gasteiger partial charge < -0.3 is 14.7 Å². The summed E-state index contributed by atoms with van der Waals surface area (Å²) in [6.45, 7) is 5.55. The fourth-order valence-electron chi connectivity index (χ4n) is 2.09. The predicted octanol–water partition coefficient (Wildman–Crippen LogP) is 1.20. The number of rotatable bonds is 2. The number of piperidine rings is 1. The second-order valence-corrected chi connectivity index (χ2v) is 4.94. The number of nitrogens with zero attached hydrogens (tertiary/aromatic N) is 2. The average Bonchev–Trinajstić information content (AvgIpc) is 2.76. The highest BCUT2D eigenvalue weighted by atomic mass is 16.5. The Kier molecular flexibility index (Phi) is 3.19. The van der Waals surface area contributed by atoms with Crippen molar-refractivity contribution in [1.82, 2.24) is 15.4 Å². The molecule has 0 aliphatic carbocycles. The van der Waals surface area contributed by atoms with Crippen molar-refractivity contribution in [2.75, 3.05) is 20.1 Å². The van der Waals surface area contributed by atoms with Crippen molar-refractivity contribution in [3.8, 4) is 0 Å². The van der Waals surface area contributed by atoms with Crippen LogP contribution >= 0.6 is 0 Å². The highest BCUT2D eigenvalue weighted by Crippen LogP contribution is 2.22. The molecule has 1 aliphatic heterocycles. The van der Waals surface area contributed by atoms with Gasteiger partial charge in [0.1, 0.15) is 0 Å². The van der Waals surface area contributed by atoms with Crippen molar-refractivity contribution >= 4 is 5.91 Å². The lowest BCUT2D eigenvalue weighted by molar-refractivity contribution is 0.0619. The van der Waals surface area contributed by atoms with Gasteiger partial charge in [0, 0.05) is 24.2 Å². The highest BCUT2D eigenvalue weighted by Gasteiger charge is 2.32. The van der Waals surface area contributed by atoms with Gasteiger partial charge in [-0.05, 0) is 33.7 Å². The molecule has 94 valence electrons. The van der Waals surface area contributed by atoms with E-state index in [1.165, 1.54) is 0 Å². The van der Waals surface area contributed by atoms with Crippen LogP contribution in [0.25, 0.3) is 0 Å². The zero-order valence-electron chi connectivity index (χ0n) is 10.6. The zero-order valence-corrected chi connectivity index (χ0v) is 10.6. The lowest BCUT2D eigenvalue weighted by Crippen LogP contribution is -2.51. The minimum absolute atomic E-state index is 0.0434. The first-order chi connectivity index (χ1) is 8.06. The van der Waals surface area contributed by atoms with Gasteiger partial charge in [0.25, 0.3) is 5.91 Å². The first-order valence-corrected chi connectivity index (χ1v) is 5.95. The molecule has 0 bridgehead atoms. The third-order valence-electron chi connectivity index (χ3n) is 3.70. The number of nitrogens with one attached hydrogen (secondary N) is 1. The van der Waals surface area contributed by atoms with E-state index in [9.17, 15) is 4.79 Å². The minimum atomic E-state index is -0.0434. The SMILES string of the molecule is CNC1(C)CCN(C(=O)c2oncc2C)CC1.